The predicted molar refractivity (Wildman–Crippen MR) is 114 cm³/mol. The average molecular weight is 397 g/mol. The molecule has 1 unspecified atom stereocenters. The highest BCUT2D eigenvalue weighted by molar-refractivity contribution is 6.31. The molecule has 6 heteroatoms. The minimum absolute atomic E-state index is 0.0315. The number of anilines is 2. The second kappa shape index (κ2) is 7.31. The van der Waals surface area contributed by atoms with Gasteiger partial charge in [-0.3, -0.25) is 9.97 Å². The van der Waals surface area contributed by atoms with Gasteiger partial charge in [-0.05, 0) is 55.5 Å². The van der Waals surface area contributed by atoms with Crippen LogP contribution in [0.1, 0.15) is 6.92 Å². The van der Waals surface area contributed by atoms with E-state index < -0.39 is 0 Å². The maximum atomic E-state index is 6.19. The molecule has 4 aromatic rings. The van der Waals surface area contributed by atoms with E-state index >= 15 is 0 Å². The van der Waals surface area contributed by atoms with E-state index in [4.69, 9.17) is 28.9 Å². The summed E-state index contributed by atoms with van der Waals surface area (Å²) in [6, 6.07) is 15.5. The molecule has 0 saturated carbocycles. The summed E-state index contributed by atoms with van der Waals surface area (Å²) in [6.07, 6.45) is 3.59. The van der Waals surface area contributed by atoms with E-state index in [-0.39, 0.29) is 6.04 Å². The van der Waals surface area contributed by atoms with Gasteiger partial charge in [0.15, 0.2) is 0 Å². The van der Waals surface area contributed by atoms with Crippen molar-refractivity contribution in [1.82, 2.24) is 9.97 Å². The molecule has 0 aliphatic rings. The summed E-state index contributed by atoms with van der Waals surface area (Å²) >= 11 is 12.3. The topological polar surface area (TPSA) is 55.0 Å². The van der Waals surface area contributed by atoms with Gasteiger partial charge in [-0.25, -0.2) is 0 Å². The third kappa shape index (κ3) is 3.56. The molecule has 0 spiro atoms. The molecule has 0 radical (unpaired) electrons. The third-order valence-electron chi connectivity index (χ3n) is 4.42. The molecule has 0 bridgehead atoms. The molecule has 136 valence electrons. The van der Waals surface area contributed by atoms with Crippen LogP contribution in [0.2, 0.25) is 10.0 Å². The first-order valence-corrected chi connectivity index (χ1v) is 9.40. The Morgan fingerprint density at radius 3 is 1.78 bits per heavy atom. The van der Waals surface area contributed by atoms with Crippen LogP contribution >= 0.6 is 23.2 Å². The maximum Gasteiger partial charge on any atom is 0.0737 e. The lowest BCUT2D eigenvalue weighted by Gasteiger charge is -2.29. The molecular formula is C21H18Cl2N4. The van der Waals surface area contributed by atoms with Gasteiger partial charge in [-0.15, -0.1) is 0 Å². The van der Waals surface area contributed by atoms with E-state index in [2.05, 4.69) is 14.9 Å². The summed E-state index contributed by atoms with van der Waals surface area (Å²) in [5, 5.41) is 3.35. The zero-order valence-corrected chi connectivity index (χ0v) is 16.2. The van der Waals surface area contributed by atoms with Crippen molar-refractivity contribution >= 4 is 56.4 Å². The SMILES string of the molecule is CC(N)CN(c1ccnc2cc(Cl)ccc12)c1ccnc2cc(Cl)ccc12. The fraction of sp³-hybridized carbons (Fsp3) is 0.143. The minimum atomic E-state index is -0.0315. The van der Waals surface area contributed by atoms with Gasteiger partial charge in [0.2, 0.25) is 0 Å². The second-order valence-corrected chi connectivity index (χ2v) is 7.44. The van der Waals surface area contributed by atoms with Crippen LogP contribution in [0.5, 0.6) is 0 Å². The van der Waals surface area contributed by atoms with Crippen LogP contribution in [-0.2, 0) is 0 Å². The fourth-order valence-corrected chi connectivity index (χ4v) is 3.63. The lowest BCUT2D eigenvalue weighted by atomic mass is 10.1. The summed E-state index contributed by atoms with van der Waals surface area (Å²) in [5.41, 5.74) is 9.93. The number of aromatic nitrogens is 2. The number of hydrogen-bond acceptors (Lipinski definition) is 4. The molecule has 0 aliphatic heterocycles. The Morgan fingerprint density at radius 1 is 0.852 bits per heavy atom. The van der Waals surface area contributed by atoms with E-state index in [0.717, 1.165) is 33.2 Å². The van der Waals surface area contributed by atoms with Crippen LogP contribution in [0.25, 0.3) is 21.8 Å². The normalized spacial score (nSPS) is 12.4. The lowest BCUT2D eigenvalue weighted by Crippen LogP contribution is -2.32. The highest BCUT2D eigenvalue weighted by Crippen LogP contribution is 2.36. The van der Waals surface area contributed by atoms with Crippen LogP contribution in [0.4, 0.5) is 11.4 Å². The van der Waals surface area contributed by atoms with Crippen LogP contribution in [0.15, 0.2) is 60.9 Å². The summed E-state index contributed by atoms with van der Waals surface area (Å²) in [6.45, 7) is 2.64. The zero-order chi connectivity index (χ0) is 19.0. The number of halogens is 2. The Morgan fingerprint density at radius 2 is 1.33 bits per heavy atom. The van der Waals surface area contributed by atoms with E-state index in [1.165, 1.54) is 0 Å². The first-order chi connectivity index (χ1) is 13.0. The van der Waals surface area contributed by atoms with Crippen molar-refractivity contribution < 1.29 is 0 Å². The summed E-state index contributed by atoms with van der Waals surface area (Å²) in [5.74, 6) is 0. The van der Waals surface area contributed by atoms with Gasteiger partial charge >= 0.3 is 0 Å². The highest BCUT2D eigenvalue weighted by atomic mass is 35.5. The minimum Gasteiger partial charge on any atom is -0.339 e. The third-order valence-corrected chi connectivity index (χ3v) is 4.89. The molecule has 2 N–H and O–H groups in total. The van der Waals surface area contributed by atoms with E-state index in [1.807, 2.05) is 55.5 Å². The lowest BCUT2D eigenvalue weighted by molar-refractivity contribution is 0.736. The number of rotatable bonds is 4. The molecule has 2 aromatic carbocycles. The molecule has 0 fully saturated rings. The summed E-state index contributed by atoms with van der Waals surface area (Å²) in [7, 11) is 0. The summed E-state index contributed by atoms with van der Waals surface area (Å²) in [4.78, 5) is 11.1. The predicted octanol–water partition coefficient (Wildman–Crippen LogP) is 5.58. The Labute approximate surface area is 167 Å². The molecule has 2 aromatic heterocycles. The van der Waals surface area contributed by atoms with Crippen LogP contribution in [0, 0.1) is 0 Å². The number of benzene rings is 2. The standard InChI is InChI=1S/C21H18Cl2N4/c1-13(24)12-27(20-6-8-25-18-10-14(22)2-4-16(18)20)21-7-9-26-19-11-15(23)3-5-17(19)21/h2-11,13H,12,24H2,1H3. The monoisotopic (exact) mass is 396 g/mol. The number of fused-ring (bicyclic) bond motifs is 2. The molecule has 0 saturated heterocycles. The van der Waals surface area contributed by atoms with E-state index in [9.17, 15) is 0 Å². The molecule has 0 amide bonds. The first-order valence-electron chi connectivity index (χ1n) is 8.64. The van der Waals surface area contributed by atoms with Crippen LogP contribution in [-0.4, -0.2) is 22.6 Å². The molecule has 27 heavy (non-hydrogen) atoms. The fourth-order valence-electron chi connectivity index (χ4n) is 3.30. The van der Waals surface area contributed by atoms with Gasteiger partial charge < -0.3 is 10.6 Å². The zero-order valence-electron chi connectivity index (χ0n) is 14.7. The Kier molecular flexibility index (Phi) is 4.87. The molecule has 1 atom stereocenters. The number of pyridine rings is 2. The first kappa shape index (κ1) is 18.0. The number of nitrogens with zero attached hydrogens (tertiary/aromatic N) is 3. The van der Waals surface area contributed by atoms with Gasteiger partial charge in [-0.2, -0.15) is 0 Å². The van der Waals surface area contributed by atoms with Crippen molar-refractivity contribution in [3.05, 3.63) is 71.0 Å². The van der Waals surface area contributed by atoms with E-state index in [1.54, 1.807) is 12.4 Å². The largest absolute Gasteiger partial charge is 0.339 e. The summed E-state index contributed by atoms with van der Waals surface area (Å²) < 4.78 is 0. The second-order valence-electron chi connectivity index (χ2n) is 6.57. The van der Waals surface area contributed by atoms with Crippen molar-refractivity contribution in [1.29, 1.82) is 0 Å². The quantitative estimate of drug-likeness (QED) is 0.489. The van der Waals surface area contributed by atoms with E-state index in [0.29, 0.717) is 16.6 Å². The van der Waals surface area contributed by atoms with Gasteiger partial charge in [0, 0.05) is 45.8 Å². The molecule has 2 heterocycles. The smallest absolute Gasteiger partial charge is 0.0737 e. The Bertz CT molecular complexity index is 1040. The highest BCUT2D eigenvalue weighted by Gasteiger charge is 2.17. The maximum absolute atomic E-state index is 6.19. The van der Waals surface area contributed by atoms with Crippen molar-refractivity contribution in [3.8, 4) is 0 Å². The van der Waals surface area contributed by atoms with Crippen LogP contribution < -0.4 is 10.6 Å². The Hall–Kier alpha value is -2.40. The number of hydrogen-bond donors (Lipinski definition) is 1. The molecule has 4 nitrogen and oxygen atoms in total. The number of nitrogens with two attached hydrogens (primary N) is 1. The van der Waals surface area contributed by atoms with Gasteiger partial charge in [0.25, 0.3) is 0 Å². The average Bonchev–Trinajstić information content (AvgIpc) is 2.64. The molecular weight excluding hydrogens is 379 g/mol. The van der Waals surface area contributed by atoms with Crippen LogP contribution in [0.3, 0.4) is 0 Å². The van der Waals surface area contributed by atoms with Crippen molar-refractivity contribution in [2.45, 2.75) is 13.0 Å². The van der Waals surface area contributed by atoms with Gasteiger partial charge in [0.1, 0.15) is 0 Å². The Balaban J connectivity index is 1.97. The molecule has 4 rings (SSSR count). The van der Waals surface area contributed by atoms with Gasteiger partial charge in [-0.1, -0.05) is 23.2 Å². The van der Waals surface area contributed by atoms with Crippen molar-refractivity contribution in [2.75, 3.05) is 11.4 Å². The molecule has 0 aliphatic carbocycles. The van der Waals surface area contributed by atoms with Gasteiger partial charge in [0.05, 0.1) is 22.4 Å². The van der Waals surface area contributed by atoms with Crippen molar-refractivity contribution in [2.24, 2.45) is 5.73 Å². The van der Waals surface area contributed by atoms with Crippen molar-refractivity contribution in [3.63, 3.8) is 0 Å².